The summed E-state index contributed by atoms with van der Waals surface area (Å²) in [5.41, 5.74) is 5.64. The molecule has 0 aromatic rings. The highest BCUT2D eigenvalue weighted by atomic mass is 32.2. The molecule has 0 saturated carbocycles. The van der Waals surface area contributed by atoms with E-state index < -0.39 is 10.2 Å². The molecule has 1 aliphatic heterocycles. The van der Waals surface area contributed by atoms with Gasteiger partial charge in [-0.05, 0) is 43.1 Å². The summed E-state index contributed by atoms with van der Waals surface area (Å²) >= 11 is 0. The third-order valence-corrected chi connectivity index (χ3v) is 6.04. The van der Waals surface area contributed by atoms with E-state index in [1.54, 1.807) is 4.31 Å². The van der Waals surface area contributed by atoms with Gasteiger partial charge in [-0.1, -0.05) is 27.7 Å². The Morgan fingerprint density at radius 2 is 1.65 bits per heavy atom. The van der Waals surface area contributed by atoms with Gasteiger partial charge in [0.1, 0.15) is 0 Å². The second kappa shape index (κ2) is 7.73. The zero-order chi connectivity index (χ0) is 15.3. The third-order valence-electron chi connectivity index (χ3n) is 4.46. The molecule has 0 amide bonds. The first-order valence-electron chi connectivity index (χ1n) is 7.72. The molecule has 20 heavy (non-hydrogen) atoms. The van der Waals surface area contributed by atoms with Gasteiger partial charge in [0.15, 0.2) is 0 Å². The van der Waals surface area contributed by atoms with Crippen molar-refractivity contribution in [2.45, 2.75) is 40.5 Å². The lowest BCUT2D eigenvalue weighted by molar-refractivity contribution is 0.265. The SMILES string of the molecule is CC(C)C(CNS(=O)(=O)N1CCC(CN)CC1)C(C)C. The van der Waals surface area contributed by atoms with Crippen LogP contribution < -0.4 is 10.5 Å². The van der Waals surface area contributed by atoms with Crippen LogP contribution in [0.25, 0.3) is 0 Å². The van der Waals surface area contributed by atoms with E-state index in [0.717, 1.165) is 12.8 Å². The van der Waals surface area contributed by atoms with Gasteiger partial charge in [-0.3, -0.25) is 0 Å². The Morgan fingerprint density at radius 1 is 1.15 bits per heavy atom. The highest BCUT2D eigenvalue weighted by Gasteiger charge is 2.28. The lowest BCUT2D eigenvalue weighted by Gasteiger charge is -2.32. The molecule has 1 fully saturated rings. The van der Waals surface area contributed by atoms with Crippen LogP contribution in [0, 0.1) is 23.7 Å². The zero-order valence-electron chi connectivity index (χ0n) is 13.3. The van der Waals surface area contributed by atoms with E-state index in [1.807, 2.05) is 0 Å². The Bertz CT molecular complexity index is 366. The largest absolute Gasteiger partial charge is 0.330 e. The zero-order valence-corrected chi connectivity index (χ0v) is 14.1. The van der Waals surface area contributed by atoms with Crippen LogP contribution in [0.15, 0.2) is 0 Å². The molecule has 120 valence electrons. The molecular formula is C14H31N3O2S. The van der Waals surface area contributed by atoms with Crippen LogP contribution in [0.5, 0.6) is 0 Å². The summed E-state index contributed by atoms with van der Waals surface area (Å²) in [7, 11) is -3.33. The first kappa shape index (κ1) is 17.9. The Labute approximate surface area is 124 Å². The number of nitrogens with one attached hydrogen (secondary N) is 1. The third kappa shape index (κ3) is 4.98. The molecule has 1 saturated heterocycles. The molecule has 0 spiro atoms. The molecule has 0 radical (unpaired) electrons. The van der Waals surface area contributed by atoms with Crippen LogP contribution in [-0.4, -0.2) is 38.9 Å². The average molecular weight is 305 g/mol. The Balaban J connectivity index is 2.53. The highest BCUT2D eigenvalue weighted by molar-refractivity contribution is 7.87. The molecule has 0 unspecified atom stereocenters. The van der Waals surface area contributed by atoms with E-state index in [0.29, 0.717) is 49.9 Å². The van der Waals surface area contributed by atoms with Crippen LogP contribution in [0.4, 0.5) is 0 Å². The van der Waals surface area contributed by atoms with E-state index >= 15 is 0 Å². The van der Waals surface area contributed by atoms with Crippen molar-refractivity contribution in [3.05, 3.63) is 0 Å². The molecule has 6 heteroatoms. The van der Waals surface area contributed by atoms with Crippen LogP contribution in [-0.2, 0) is 10.2 Å². The molecule has 1 aliphatic rings. The Hall–Kier alpha value is -0.170. The van der Waals surface area contributed by atoms with E-state index in [1.165, 1.54) is 0 Å². The Kier molecular flexibility index (Phi) is 6.91. The van der Waals surface area contributed by atoms with Crippen LogP contribution in [0.2, 0.25) is 0 Å². The summed E-state index contributed by atoms with van der Waals surface area (Å²) in [6.45, 7) is 10.9. The van der Waals surface area contributed by atoms with Gasteiger partial charge in [0.25, 0.3) is 10.2 Å². The number of rotatable bonds is 7. The predicted molar refractivity (Wildman–Crippen MR) is 83.4 cm³/mol. The molecule has 0 bridgehead atoms. The van der Waals surface area contributed by atoms with E-state index in [-0.39, 0.29) is 0 Å². The second-order valence-corrected chi connectivity index (χ2v) is 8.34. The van der Waals surface area contributed by atoms with Crippen molar-refractivity contribution in [3.8, 4) is 0 Å². The highest BCUT2D eigenvalue weighted by Crippen LogP contribution is 2.21. The first-order valence-corrected chi connectivity index (χ1v) is 9.16. The number of nitrogens with zero attached hydrogens (tertiary/aromatic N) is 1. The van der Waals surface area contributed by atoms with Crippen molar-refractivity contribution in [3.63, 3.8) is 0 Å². The van der Waals surface area contributed by atoms with Gasteiger partial charge in [0.2, 0.25) is 0 Å². The molecule has 3 N–H and O–H groups in total. The minimum atomic E-state index is -3.33. The van der Waals surface area contributed by atoms with Gasteiger partial charge < -0.3 is 5.73 Å². The summed E-state index contributed by atoms with van der Waals surface area (Å²) in [6.07, 6.45) is 1.74. The van der Waals surface area contributed by atoms with Gasteiger partial charge in [0.05, 0.1) is 0 Å². The fraction of sp³-hybridized carbons (Fsp3) is 1.00. The van der Waals surface area contributed by atoms with Crippen molar-refractivity contribution in [2.75, 3.05) is 26.2 Å². The fourth-order valence-corrected chi connectivity index (χ4v) is 4.20. The van der Waals surface area contributed by atoms with Crippen LogP contribution in [0.3, 0.4) is 0 Å². The summed E-state index contributed by atoms with van der Waals surface area (Å²) in [5.74, 6) is 1.79. The molecule has 0 aromatic carbocycles. The maximum atomic E-state index is 12.3. The minimum absolute atomic E-state index is 0.367. The molecule has 0 aliphatic carbocycles. The number of hydrogen-bond acceptors (Lipinski definition) is 3. The quantitative estimate of drug-likeness (QED) is 0.747. The van der Waals surface area contributed by atoms with E-state index in [4.69, 9.17) is 5.73 Å². The summed E-state index contributed by atoms with van der Waals surface area (Å²) < 4.78 is 29.0. The number of hydrogen-bond donors (Lipinski definition) is 2. The van der Waals surface area contributed by atoms with Gasteiger partial charge in [-0.2, -0.15) is 12.7 Å². The maximum absolute atomic E-state index is 12.3. The molecule has 1 heterocycles. The fourth-order valence-electron chi connectivity index (χ4n) is 2.92. The van der Waals surface area contributed by atoms with Crippen molar-refractivity contribution in [1.29, 1.82) is 0 Å². The van der Waals surface area contributed by atoms with Crippen LogP contribution >= 0.6 is 0 Å². The van der Waals surface area contributed by atoms with Crippen LogP contribution in [0.1, 0.15) is 40.5 Å². The van der Waals surface area contributed by atoms with Gasteiger partial charge in [0, 0.05) is 19.6 Å². The molecule has 0 aromatic heterocycles. The Morgan fingerprint density at radius 3 is 2.05 bits per heavy atom. The van der Waals surface area contributed by atoms with Crippen molar-refractivity contribution in [1.82, 2.24) is 9.03 Å². The topological polar surface area (TPSA) is 75.4 Å². The molecule has 0 atom stereocenters. The van der Waals surface area contributed by atoms with Crippen molar-refractivity contribution >= 4 is 10.2 Å². The minimum Gasteiger partial charge on any atom is -0.330 e. The monoisotopic (exact) mass is 305 g/mol. The summed E-state index contributed by atoms with van der Waals surface area (Å²) in [6, 6.07) is 0. The average Bonchev–Trinajstić information content (AvgIpc) is 2.38. The van der Waals surface area contributed by atoms with Crippen molar-refractivity contribution in [2.24, 2.45) is 29.4 Å². The second-order valence-electron chi connectivity index (χ2n) is 6.58. The predicted octanol–water partition coefficient (Wildman–Crippen LogP) is 1.42. The summed E-state index contributed by atoms with van der Waals surface area (Å²) in [4.78, 5) is 0. The summed E-state index contributed by atoms with van der Waals surface area (Å²) in [5, 5.41) is 0. The smallest absolute Gasteiger partial charge is 0.279 e. The number of piperidine rings is 1. The first-order chi connectivity index (χ1) is 9.27. The molecule has 1 rings (SSSR count). The molecule has 5 nitrogen and oxygen atoms in total. The standard InChI is InChI=1S/C14H31N3O2S/c1-11(2)14(12(3)4)10-16-20(18,19)17-7-5-13(9-15)6-8-17/h11-14,16H,5-10,15H2,1-4H3. The normalized spacial score (nSPS) is 19.4. The lowest BCUT2D eigenvalue weighted by atomic mass is 9.86. The van der Waals surface area contributed by atoms with Crippen molar-refractivity contribution < 1.29 is 8.42 Å². The maximum Gasteiger partial charge on any atom is 0.279 e. The van der Waals surface area contributed by atoms with Gasteiger partial charge in [-0.25, -0.2) is 4.72 Å². The van der Waals surface area contributed by atoms with Gasteiger partial charge >= 0.3 is 0 Å². The van der Waals surface area contributed by atoms with Gasteiger partial charge in [-0.15, -0.1) is 0 Å². The molecular weight excluding hydrogens is 274 g/mol. The van der Waals surface area contributed by atoms with E-state index in [2.05, 4.69) is 32.4 Å². The van der Waals surface area contributed by atoms with E-state index in [9.17, 15) is 8.42 Å². The number of nitrogens with two attached hydrogens (primary N) is 1. The lowest BCUT2D eigenvalue weighted by Crippen LogP contribution is -2.47.